The summed E-state index contributed by atoms with van der Waals surface area (Å²) in [7, 11) is 0. The Labute approximate surface area is 158 Å². The maximum absolute atomic E-state index is 12.6. The molecule has 0 saturated carbocycles. The van der Waals surface area contributed by atoms with Gasteiger partial charge in [0.25, 0.3) is 5.91 Å². The van der Waals surface area contributed by atoms with Crippen LogP contribution in [0.3, 0.4) is 0 Å². The molecule has 1 saturated heterocycles. The van der Waals surface area contributed by atoms with Crippen LogP contribution in [0.1, 0.15) is 35.9 Å². The fourth-order valence-electron chi connectivity index (χ4n) is 3.56. The standard InChI is InChI=1S/C21H24N4O2/c1-14(2)25-10-8-19(24-25)21(26)23-20-13-27-12-16(20)11-15-7-9-22-18-6-4-3-5-17(15)18/h3-10,14,16,20H,11-13H2,1-2H3,(H,23,26)/t16-,20+/m1/s1. The van der Waals surface area contributed by atoms with E-state index in [4.69, 9.17) is 4.74 Å². The van der Waals surface area contributed by atoms with Gasteiger partial charge in [0.15, 0.2) is 0 Å². The molecule has 140 valence electrons. The van der Waals surface area contributed by atoms with Gasteiger partial charge in [-0.05, 0) is 44.0 Å². The van der Waals surface area contributed by atoms with Crippen molar-refractivity contribution >= 4 is 16.8 Å². The minimum Gasteiger partial charge on any atom is -0.379 e. The van der Waals surface area contributed by atoms with Gasteiger partial charge in [-0.1, -0.05) is 18.2 Å². The van der Waals surface area contributed by atoms with Crippen LogP contribution in [0.4, 0.5) is 0 Å². The molecule has 1 N–H and O–H groups in total. The first-order valence-corrected chi connectivity index (χ1v) is 9.38. The number of fused-ring (bicyclic) bond motifs is 1. The van der Waals surface area contributed by atoms with Crippen LogP contribution in [0.2, 0.25) is 0 Å². The van der Waals surface area contributed by atoms with Gasteiger partial charge in [-0.15, -0.1) is 0 Å². The molecule has 4 rings (SSSR count). The third-order valence-corrected chi connectivity index (χ3v) is 5.11. The summed E-state index contributed by atoms with van der Waals surface area (Å²) in [5, 5.41) is 8.63. The van der Waals surface area contributed by atoms with Crippen LogP contribution in [0.5, 0.6) is 0 Å². The van der Waals surface area contributed by atoms with Crippen molar-refractivity contribution in [1.29, 1.82) is 0 Å². The lowest BCUT2D eigenvalue weighted by Crippen LogP contribution is -2.40. The van der Waals surface area contributed by atoms with Crippen molar-refractivity contribution in [2.75, 3.05) is 13.2 Å². The summed E-state index contributed by atoms with van der Waals surface area (Å²) >= 11 is 0. The van der Waals surface area contributed by atoms with Gasteiger partial charge in [0.2, 0.25) is 0 Å². The van der Waals surface area contributed by atoms with E-state index in [1.54, 1.807) is 10.7 Å². The van der Waals surface area contributed by atoms with E-state index in [-0.39, 0.29) is 23.9 Å². The Bertz CT molecular complexity index is 945. The van der Waals surface area contributed by atoms with E-state index in [1.807, 2.05) is 44.4 Å². The molecule has 1 aromatic carbocycles. The van der Waals surface area contributed by atoms with Crippen molar-refractivity contribution in [3.63, 3.8) is 0 Å². The van der Waals surface area contributed by atoms with E-state index in [0.717, 1.165) is 17.3 Å². The number of pyridine rings is 1. The predicted octanol–water partition coefficient (Wildman–Crippen LogP) is 3.00. The lowest BCUT2D eigenvalue weighted by atomic mass is 9.93. The zero-order chi connectivity index (χ0) is 18.8. The van der Waals surface area contributed by atoms with Gasteiger partial charge in [0, 0.05) is 29.7 Å². The molecule has 2 atom stereocenters. The number of hydrogen-bond donors (Lipinski definition) is 1. The Morgan fingerprint density at radius 3 is 2.93 bits per heavy atom. The van der Waals surface area contributed by atoms with Crippen molar-refractivity contribution in [2.45, 2.75) is 32.4 Å². The van der Waals surface area contributed by atoms with Crippen molar-refractivity contribution < 1.29 is 9.53 Å². The van der Waals surface area contributed by atoms with Crippen molar-refractivity contribution in [2.24, 2.45) is 5.92 Å². The van der Waals surface area contributed by atoms with Gasteiger partial charge >= 0.3 is 0 Å². The summed E-state index contributed by atoms with van der Waals surface area (Å²) in [6.07, 6.45) is 4.53. The third-order valence-electron chi connectivity index (χ3n) is 5.11. The molecule has 0 spiro atoms. The number of rotatable bonds is 5. The number of aromatic nitrogens is 3. The third kappa shape index (κ3) is 3.71. The molecule has 3 aromatic rings. The molecule has 1 aliphatic heterocycles. The molecule has 0 bridgehead atoms. The molecule has 1 amide bonds. The van der Waals surface area contributed by atoms with Crippen molar-refractivity contribution in [1.82, 2.24) is 20.1 Å². The second kappa shape index (κ2) is 7.48. The molecular weight excluding hydrogens is 340 g/mol. The van der Waals surface area contributed by atoms with Crippen LogP contribution in [-0.2, 0) is 11.2 Å². The maximum atomic E-state index is 12.6. The highest BCUT2D eigenvalue weighted by molar-refractivity contribution is 5.92. The highest BCUT2D eigenvalue weighted by Crippen LogP contribution is 2.24. The quantitative estimate of drug-likeness (QED) is 0.756. The summed E-state index contributed by atoms with van der Waals surface area (Å²) in [5.74, 6) is 0.0847. The summed E-state index contributed by atoms with van der Waals surface area (Å²) in [5.41, 5.74) is 2.68. The molecule has 1 aliphatic rings. The first-order valence-electron chi connectivity index (χ1n) is 9.38. The van der Waals surface area contributed by atoms with Gasteiger partial charge in [-0.25, -0.2) is 0 Å². The van der Waals surface area contributed by atoms with Gasteiger partial charge in [0.1, 0.15) is 5.69 Å². The molecule has 1 fully saturated rings. The fourth-order valence-corrected chi connectivity index (χ4v) is 3.56. The minimum absolute atomic E-state index is 0.0198. The average Bonchev–Trinajstić information content (AvgIpc) is 3.32. The van der Waals surface area contributed by atoms with E-state index in [2.05, 4.69) is 27.5 Å². The highest BCUT2D eigenvalue weighted by Gasteiger charge is 2.30. The number of nitrogens with zero attached hydrogens (tertiary/aromatic N) is 3. The van der Waals surface area contributed by atoms with E-state index in [0.29, 0.717) is 18.9 Å². The summed E-state index contributed by atoms with van der Waals surface area (Å²) < 4.78 is 7.47. The maximum Gasteiger partial charge on any atom is 0.272 e. The average molecular weight is 364 g/mol. The van der Waals surface area contributed by atoms with Crippen molar-refractivity contribution in [3.05, 3.63) is 60.0 Å². The van der Waals surface area contributed by atoms with Gasteiger partial charge < -0.3 is 10.1 Å². The topological polar surface area (TPSA) is 69.0 Å². The monoisotopic (exact) mass is 364 g/mol. The summed E-state index contributed by atoms with van der Waals surface area (Å²) in [4.78, 5) is 17.0. The van der Waals surface area contributed by atoms with Crippen molar-refractivity contribution in [3.8, 4) is 0 Å². The van der Waals surface area contributed by atoms with Crippen LogP contribution in [-0.4, -0.2) is 39.9 Å². The zero-order valence-corrected chi connectivity index (χ0v) is 15.6. The molecule has 2 aromatic heterocycles. The molecule has 6 heteroatoms. The Morgan fingerprint density at radius 2 is 2.11 bits per heavy atom. The molecule has 0 radical (unpaired) electrons. The number of amides is 1. The SMILES string of the molecule is CC(C)n1ccc(C(=O)N[C@H]2COC[C@H]2Cc2ccnc3ccccc23)n1. The Hall–Kier alpha value is -2.73. The first kappa shape index (κ1) is 17.7. The normalized spacial score (nSPS) is 19.7. The van der Waals surface area contributed by atoms with Crippen LogP contribution >= 0.6 is 0 Å². The number of para-hydroxylation sites is 1. The van der Waals surface area contributed by atoms with E-state index >= 15 is 0 Å². The molecule has 3 heterocycles. The lowest BCUT2D eigenvalue weighted by molar-refractivity contribution is 0.0919. The summed E-state index contributed by atoms with van der Waals surface area (Å²) in [6.45, 7) is 5.25. The van der Waals surface area contributed by atoms with Gasteiger partial charge in [0.05, 0.1) is 24.8 Å². The predicted molar refractivity (Wildman–Crippen MR) is 104 cm³/mol. The number of carbonyl (C=O) groups excluding carboxylic acids is 1. The van der Waals surface area contributed by atoms with Crippen LogP contribution in [0.15, 0.2) is 48.8 Å². The Kier molecular flexibility index (Phi) is 4.90. The second-order valence-corrected chi connectivity index (χ2v) is 7.34. The van der Waals surface area contributed by atoms with E-state index in [1.165, 1.54) is 5.56 Å². The second-order valence-electron chi connectivity index (χ2n) is 7.34. The number of ether oxygens (including phenoxy) is 1. The number of hydrogen-bond acceptors (Lipinski definition) is 4. The first-order chi connectivity index (χ1) is 13.1. The largest absolute Gasteiger partial charge is 0.379 e. The van der Waals surface area contributed by atoms with E-state index in [9.17, 15) is 4.79 Å². The molecule has 0 unspecified atom stereocenters. The van der Waals surface area contributed by atoms with Crippen LogP contribution in [0, 0.1) is 5.92 Å². The fraction of sp³-hybridized carbons (Fsp3) is 0.381. The van der Waals surface area contributed by atoms with Crippen LogP contribution in [0.25, 0.3) is 10.9 Å². The lowest BCUT2D eigenvalue weighted by Gasteiger charge is -2.19. The molecular formula is C21H24N4O2. The smallest absolute Gasteiger partial charge is 0.272 e. The highest BCUT2D eigenvalue weighted by atomic mass is 16.5. The van der Waals surface area contributed by atoms with Gasteiger partial charge in [-0.2, -0.15) is 5.10 Å². The number of benzene rings is 1. The number of nitrogens with one attached hydrogen (secondary N) is 1. The molecule has 6 nitrogen and oxygen atoms in total. The molecule has 0 aliphatic carbocycles. The van der Waals surface area contributed by atoms with Gasteiger partial charge in [-0.3, -0.25) is 14.5 Å². The molecule has 27 heavy (non-hydrogen) atoms. The van der Waals surface area contributed by atoms with E-state index < -0.39 is 0 Å². The van der Waals surface area contributed by atoms with Crippen LogP contribution < -0.4 is 5.32 Å². The Morgan fingerprint density at radius 1 is 1.26 bits per heavy atom. The Balaban J connectivity index is 1.48. The zero-order valence-electron chi connectivity index (χ0n) is 15.6. The summed E-state index contributed by atoms with van der Waals surface area (Å²) in [6, 6.07) is 12.2. The minimum atomic E-state index is -0.144. The number of carbonyl (C=O) groups is 1.